The number of rotatable bonds is 8. The molecule has 1 rings (SSSR count). The van der Waals surface area contributed by atoms with E-state index in [2.05, 4.69) is 10.6 Å². The normalized spacial score (nSPS) is 14.2. The van der Waals surface area contributed by atoms with Gasteiger partial charge in [0.05, 0.1) is 18.3 Å². The monoisotopic (exact) mass is 254 g/mol. The van der Waals surface area contributed by atoms with Crippen molar-refractivity contribution in [2.24, 2.45) is 0 Å². The largest absolute Gasteiger partial charge is 0.468 e. The summed E-state index contributed by atoms with van der Waals surface area (Å²) in [5.41, 5.74) is 0. The van der Waals surface area contributed by atoms with Gasteiger partial charge in [0.2, 0.25) is 5.91 Å². The summed E-state index contributed by atoms with van der Waals surface area (Å²) in [6.45, 7) is 5.09. The smallest absolute Gasteiger partial charge is 0.236 e. The van der Waals surface area contributed by atoms with Crippen LogP contribution in [0.4, 0.5) is 0 Å². The number of ether oxygens (including phenoxy) is 1. The Balaban J connectivity index is 2.27. The quantitative estimate of drug-likeness (QED) is 0.690. The summed E-state index contributed by atoms with van der Waals surface area (Å²) in [6, 6.07) is 3.48. The predicted octanol–water partition coefficient (Wildman–Crippen LogP) is 1.47. The van der Waals surface area contributed by atoms with Gasteiger partial charge in [-0.25, -0.2) is 0 Å². The fourth-order valence-electron chi connectivity index (χ4n) is 1.65. The molecule has 0 spiro atoms. The number of carbonyl (C=O) groups excluding carboxylic acids is 1. The fourth-order valence-corrected chi connectivity index (χ4v) is 1.65. The molecule has 2 unspecified atom stereocenters. The Labute approximate surface area is 108 Å². The van der Waals surface area contributed by atoms with E-state index in [0.717, 1.165) is 12.2 Å². The molecule has 2 atom stereocenters. The number of furan rings is 1. The highest BCUT2D eigenvalue weighted by Crippen LogP contribution is 2.12. The van der Waals surface area contributed by atoms with Crippen LogP contribution >= 0.6 is 0 Å². The minimum atomic E-state index is -0.257. The second-order valence-corrected chi connectivity index (χ2v) is 4.26. The van der Waals surface area contributed by atoms with E-state index in [0.29, 0.717) is 13.2 Å². The summed E-state index contributed by atoms with van der Waals surface area (Å²) in [5, 5.41) is 6.04. The van der Waals surface area contributed by atoms with Crippen molar-refractivity contribution >= 4 is 5.91 Å². The molecule has 1 amide bonds. The second kappa shape index (κ2) is 7.89. The molecule has 0 aromatic carbocycles. The van der Waals surface area contributed by atoms with Crippen LogP contribution in [-0.4, -0.2) is 32.2 Å². The summed E-state index contributed by atoms with van der Waals surface area (Å²) in [6.07, 6.45) is 2.45. The van der Waals surface area contributed by atoms with Crippen LogP contribution in [0.5, 0.6) is 0 Å². The van der Waals surface area contributed by atoms with Crippen molar-refractivity contribution in [2.45, 2.75) is 32.4 Å². The third-order valence-corrected chi connectivity index (χ3v) is 2.69. The first-order chi connectivity index (χ1) is 8.65. The van der Waals surface area contributed by atoms with Crippen LogP contribution in [0.3, 0.4) is 0 Å². The van der Waals surface area contributed by atoms with E-state index in [1.807, 2.05) is 26.0 Å². The van der Waals surface area contributed by atoms with Gasteiger partial charge in [-0.3, -0.25) is 10.1 Å². The third kappa shape index (κ3) is 4.89. The number of amides is 1. The van der Waals surface area contributed by atoms with E-state index in [1.165, 1.54) is 0 Å². The molecule has 1 heterocycles. The average Bonchev–Trinajstić information content (AvgIpc) is 2.88. The summed E-state index contributed by atoms with van der Waals surface area (Å²) in [5.74, 6) is 0.818. The van der Waals surface area contributed by atoms with Gasteiger partial charge < -0.3 is 14.5 Å². The average molecular weight is 254 g/mol. The Hall–Kier alpha value is -1.33. The SMILES string of the molecule is COCCCNC(=O)C(C)NC(C)c1ccco1. The Bertz CT molecular complexity index is 338. The third-order valence-electron chi connectivity index (χ3n) is 2.69. The van der Waals surface area contributed by atoms with Gasteiger partial charge >= 0.3 is 0 Å². The van der Waals surface area contributed by atoms with Crippen molar-refractivity contribution in [3.63, 3.8) is 0 Å². The molecule has 5 heteroatoms. The topological polar surface area (TPSA) is 63.5 Å². The van der Waals surface area contributed by atoms with Gasteiger partial charge in [0.1, 0.15) is 5.76 Å². The zero-order chi connectivity index (χ0) is 13.4. The first-order valence-corrected chi connectivity index (χ1v) is 6.21. The van der Waals surface area contributed by atoms with Crippen molar-refractivity contribution in [2.75, 3.05) is 20.3 Å². The van der Waals surface area contributed by atoms with E-state index in [1.54, 1.807) is 13.4 Å². The lowest BCUT2D eigenvalue weighted by atomic mass is 10.2. The van der Waals surface area contributed by atoms with Crippen LogP contribution in [0.2, 0.25) is 0 Å². The maximum absolute atomic E-state index is 11.8. The summed E-state index contributed by atoms with van der Waals surface area (Å²) in [4.78, 5) is 11.8. The van der Waals surface area contributed by atoms with Crippen LogP contribution in [-0.2, 0) is 9.53 Å². The van der Waals surface area contributed by atoms with Crippen molar-refractivity contribution in [1.29, 1.82) is 0 Å². The van der Waals surface area contributed by atoms with Gasteiger partial charge in [-0.05, 0) is 32.4 Å². The summed E-state index contributed by atoms with van der Waals surface area (Å²) >= 11 is 0. The lowest BCUT2D eigenvalue weighted by molar-refractivity contribution is -0.123. The molecule has 2 N–H and O–H groups in total. The summed E-state index contributed by atoms with van der Waals surface area (Å²) < 4.78 is 10.2. The van der Waals surface area contributed by atoms with Gasteiger partial charge in [-0.2, -0.15) is 0 Å². The van der Waals surface area contributed by atoms with Gasteiger partial charge in [0.25, 0.3) is 0 Å². The molecule has 1 aromatic rings. The lowest BCUT2D eigenvalue weighted by Crippen LogP contribution is -2.43. The van der Waals surface area contributed by atoms with Gasteiger partial charge in [-0.1, -0.05) is 0 Å². The molecule has 5 nitrogen and oxygen atoms in total. The molecule has 0 saturated carbocycles. The first kappa shape index (κ1) is 14.7. The van der Waals surface area contributed by atoms with E-state index in [-0.39, 0.29) is 18.0 Å². The molecule has 18 heavy (non-hydrogen) atoms. The highest BCUT2D eigenvalue weighted by Gasteiger charge is 2.16. The first-order valence-electron chi connectivity index (χ1n) is 6.21. The molecule has 1 aromatic heterocycles. The van der Waals surface area contributed by atoms with Gasteiger partial charge in [0.15, 0.2) is 0 Å². The van der Waals surface area contributed by atoms with Crippen LogP contribution in [0.1, 0.15) is 32.1 Å². The Morgan fingerprint density at radius 1 is 1.50 bits per heavy atom. The molecule has 0 fully saturated rings. The lowest BCUT2D eigenvalue weighted by Gasteiger charge is -2.18. The highest BCUT2D eigenvalue weighted by atomic mass is 16.5. The molecule has 0 aliphatic heterocycles. The zero-order valence-electron chi connectivity index (χ0n) is 11.2. The summed E-state index contributed by atoms with van der Waals surface area (Å²) in [7, 11) is 1.65. The Morgan fingerprint density at radius 2 is 2.28 bits per heavy atom. The molecule has 102 valence electrons. The standard InChI is InChI=1S/C13H22N2O3/c1-10(12-6-4-9-18-12)15-11(2)13(16)14-7-5-8-17-3/h4,6,9-11,15H,5,7-8H2,1-3H3,(H,14,16). The molecular weight excluding hydrogens is 232 g/mol. The molecule has 0 saturated heterocycles. The van der Waals surface area contributed by atoms with Crippen molar-refractivity contribution in [3.05, 3.63) is 24.2 Å². The second-order valence-electron chi connectivity index (χ2n) is 4.26. The molecule has 0 aliphatic carbocycles. The predicted molar refractivity (Wildman–Crippen MR) is 69.2 cm³/mol. The van der Waals surface area contributed by atoms with Crippen LogP contribution < -0.4 is 10.6 Å². The number of nitrogens with one attached hydrogen (secondary N) is 2. The van der Waals surface area contributed by atoms with Crippen molar-refractivity contribution in [3.8, 4) is 0 Å². The van der Waals surface area contributed by atoms with Gasteiger partial charge in [-0.15, -0.1) is 0 Å². The molecule has 0 bridgehead atoms. The van der Waals surface area contributed by atoms with E-state index in [4.69, 9.17) is 9.15 Å². The number of methoxy groups -OCH3 is 1. The molecule has 0 radical (unpaired) electrons. The Morgan fingerprint density at radius 3 is 2.89 bits per heavy atom. The number of hydrogen-bond donors (Lipinski definition) is 2. The minimum Gasteiger partial charge on any atom is -0.468 e. The molecular formula is C13H22N2O3. The van der Waals surface area contributed by atoms with Crippen LogP contribution in [0.25, 0.3) is 0 Å². The maximum Gasteiger partial charge on any atom is 0.236 e. The van der Waals surface area contributed by atoms with Crippen LogP contribution in [0.15, 0.2) is 22.8 Å². The van der Waals surface area contributed by atoms with E-state index in [9.17, 15) is 4.79 Å². The zero-order valence-corrected chi connectivity index (χ0v) is 11.2. The minimum absolute atomic E-state index is 0.00971. The Kier molecular flexibility index (Phi) is 6.46. The van der Waals surface area contributed by atoms with Crippen molar-refractivity contribution < 1.29 is 13.9 Å². The van der Waals surface area contributed by atoms with Crippen LogP contribution in [0, 0.1) is 0 Å². The number of hydrogen-bond acceptors (Lipinski definition) is 4. The maximum atomic E-state index is 11.8. The fraction of sp³-hybridized carbons (Fsp3) is 0.615. The molecule has 0 aliphatic rings. The number of carbonyl (C=O) groups is 1. The van der Waals surface area contributed by atoms with Gasteiger partial charge in [0, 0.05) is 20.3 Å². The van der Waals surface area contributed by atoms with E-state index < -0.39 is 0 Å². The highest BCUT2D eigenvalue weighted by molar-refractivity contribution is 5.81. The van der Waals surface area contributed by atoms with Crippen molar-refractivity contribution in [1.82, 2.24) is 10.6 Å². The van der Waals surface area contributed by atoms with E-state index >= 15 is 0 Å².